The highest BCUT2D eigenvalue weighted by molar-refractivity contribution is 7.99. The van der Waals surface area contributed by atoms with E-state index in [1.54, 1.807) is 11.3 Å². The van der Waals surface area contributed by atoms with Gasteiger partial charge < -0.3 is 5.32 Å². The SMILES string of the molecule is O=C(CSc1n[nH]c(Cc2cccs2)n1)Nc1ccc(Cl)cc1C(F)(F)F. The van der Waals surface area contributed by atoms with Crippen molar-refractivity contribution >= 4 is 46.3 Å². The zero-order valence-corrected chi connectivity index (χ0v) is 15.9. The second-order valence-electron chi connectivity index (χ2n) is 5.35. The van der Waals surface area contributed by atoms with Crippen LogP contribution in [0.15, 0.2) is 40.9 Å². The number of alkyl halides is 3. The molecule has 0 atom stereocenters. The number of carbonyl (C=O) groups excluding carboxylic acids is 1. The fourth-order valence-corrected chi connectivity index (χ4v) is 3.67. The minimum Gasteiger partial charge on any atom is -0.325 e. The van der Waals surface area contributed by atoms with E-state index in [9.17, 15) is 18.0 Å². The Bertz CT molecular complexity index is 928. The first-order valence-electron chi connectivity index (χ1n) is 7.54. The van der Waals surface area contributed by atoms with Gasteiger partial charge in [0.1, 0.15) is 5.82 Å². The van der Waals surface area contributed by atoms with Gasteiger partial charge in [-0.2, -0.15) is 13.2 Å². The minimum absolute atomic E-state index is 0.0614. The van der Waals surface area contributed by atoms with Crippen LogP contribution in [-0.4, -0.2) is 26.8 Å². The molecular weight excluding hydrogens is 421 g/mol. The fourth-order valence-electron chi connectivity index (χ4n) is 2.18. The molecule has 142 valence electrons. The van der Waals surface area contributed by atoms with Crippen molar-refractivity contribution in [2.45, 2.75) is 17.8 Å². The van der Waals surface area contributed by atoms with Gasteiger partial charge in [-0.25, -0.2) is 4.98 Å². The molecular formula is C16H12ClF3N4OS2. The Kier molecular flexibility index (Phi) is 6.08. The summed E-state index contributed by atoms with van der Waals surface area (Å²) < 4.78 is 39.1. The molecule has 0 radical (unpaired) electrons. The Morgan fingerprint density at radius 2 is 2.15 bits per heavy atom. The Labute approximate surface area is 165 Å². The van der Waals surface area contributed by atoms with Crippen LogP contribution in [-0.2, 0) is 17.4 Å². The molecule has 0 saturated heterocycles. The number of thioether (sulfide) groups is 1. The zero-order valence-electron chi connectivity index (χ0n) is 13.5. The van der Waals surface area contributed by atoms with Gasteiger partial charge in [-0.3, -0.25) is 9.89 Å². The number of nitrogens with one attached hydrogen (secondary N) is 2. The predicted molar refractivity (Wildman–Crippen MR) is 99.3 cm³/mol. The molecule has 27 heavy (non-hydrogen) atoms. The molecule has 0 aliphatic heterocycles. The molecule has 0 unspecified atom stereocenters. The van der Waals surface area contributed by atoms with Gasteiger partial charge in [0, 0.05) is 16.3 Å². The van der Waals surface area contributed by atoms with E-state index in [4.69, 9.17) is 11.6 Å². The zero-order chi connectivity index (χ0) is 19.4. The van der Waals surface area contributed by atoms with Gasteiger partial charge >= 0.3 is 6.18 Å². The number of hydrogen-bond donors (Lipinski definition) is 2. The van der Waals surface area contributed by atoms with Gasteiger partial charge in [0.2, 0.25) is 11.1 Å². The number of carbonyl (C=O) groups is 1. The van der Waals surface area contributed by atoms with Crippen molar-refractivity contribution in [1.29, 1.82) is 0 Å². The molecule has 1 amide bonds. The average Bonchev–Trinajstić information content (AvgIpc) is 3.26. The Hall–Kier alpha value is -2.04. The summed E-state index contributed by atoms with van der Waals surface area (Å²) in [5, 5.41) is 11.3. The molecule has 0 bridgehead atoms. The van der Waals surface area contributed by atoms with Gasteiger partial charge in [0.25, 0.3) is 0 Å². The second kappa shape index (κ2) is 8.32. The number of hydrogen-bond acceptors (Lipinski definition) is 5. The third-order valence-electron chi connectivity index (χ3n) is 3.33. The summed E-state index contributed by atoms with van der Waals surface area (Å²) in [5.41, 5.74) is -1.34. The van der Waals surface area contributed by atoms with Crippen LogP contribution in [0.2, 0.25) is 5.02 Å². The van der Waals surface area contributed by atoms with Gasteiger partial charge in [0.05, 0.1) is 17.0 Å². The lowest BCUT2D eigenvalue weighted by molar-refractivity contribution is -0.137. The summed E-state index contributed by atoms with van der Waals surface area (Å²) in [6, 6.07) is 7.09. The number of rotatable bonds is 6. The van der Waals surface area contributed by atoms with Gasteiger partial charge in [0.15, 0.2) is 0 Å². The summed E-state index contributed by atoms with van der Waals surface area (Å²) >= 11 is 8.24. The van der Waals surface area contributed by atoms with Crippen LogP contribution in [0, 0.1) is 0 Å². The highest BCUT2D eigenvalue weighted by Crippen LogP contribution is 2.36. The molecule has 11 heteroatoms. The first-order chi connectivity index (χ1) is 12.8. The molecule has 0 spiro atoms. The van der Waals surface area contributed by atoms with E-state index in [2.05, 4.69) is 20.5 Å². The van der Waals surface area contributed by atoms with Crippen molar-refractivity contribution in [3.63, 3.8) is 0 Å². The number of amides is 1. The average molecular weight is 433 g/mol. The van der Waals surface area contributed by atoms with Crippen molar-refractivity contribution in [1.82, 2.24) is 15.2 Å². The summed E-state index contributed by atoms with van der Waals surface area (Å²) in [6.45, 7) is 0. The number of aromatic nitrogens is 3. The van der Waals surface area contributed by atoms with Crippen molar-refractivity contribution < 1.29 is 18.0 Å². The van der Waals surface area contributed by atoms with Crippen molar-refractivity contribution in [2.24, 2.45) is 0 Å². The molecule has 5 nitrogen and oxygen atoms in total. The summed E-state index contributed by atoms with van der Waals surface area (Å²) in [6.07, 6.45) is -4.03. The number of thiophene rings is 1. The van der Waals surface area contributed by atoms with E-state index >= 15 is 0 Å². The van der Waals surface area contributed by atoms with Crippen LogP contribution < -0.4 is 5.32 Å². The van der Waals surface area contributed by atoms with E-state index < -0.39 is 17.6 Å². The molecule has 2 heterocycles. The smallest absolute Gasteiger partial charge is 0.325 e. The van der Waals surface area contributed by atoms with Crippen molar-refractivity contribution in [2.75, 3.05) is 11.1 Å². The van der Waals surface area contributed by atoms with Crippen LogP contribution in [0.3, 0.4) is 0 Å². The van der Waals surface area contributed by atoms with Crippen LogP contribution in [0.1, 0.15) is 16.3 Å². The molecule has 1 aromatic carbocycles. The third-order valence-corrected chi connectivity index (χ3v) is 5.29. The van der Waals surface area contributed by atoms with Crippen molar-refractivity contribution in [3.8, 4) is 0 Å². The third kappa shape index (κ3) is 5.47. The van der Waals surface area contributed by atoms with Crippen LogP contribution in [0.4, 0.5) is 18.9 Å². The topological polar surface area (TPSA) is 70.7 Å². The number of H-pyrrole nitrogens is 1. The van der Waals surface area contributed by atoms with E-state index in [1.807, 2.05) is 17.5 Å². The normalized spacial score (nSPS) is 11.6. The molecule has 3 aromatic rings. The Morgan fingerprint density at radius 3 is 2.85 bits per heavy atom. The summed E-state index contributed by atoms with van der Waals surface area (Å²) in [7, 11) is 0. The van der Waals surface area contributed by atoms with E-state index in [0.717, 1.165) is 28.8 Å². The number of nitrogens with zero attached hydrogens (tertiary/aromatic N) is 2. The number of anilines is 1. The lowest BCUT2D eigenvalue weighted by Gasteiger charge is -2.13. The largest absolute Gasteiger partial charge is 0.418 e. The van der Waals surface area contributed by atoms with E-state index in [-0.39, 0.29) is 16.5 Å². The molecule has 0 aliphatic rings. The monoisotopic (exact) mass is 432 g/mol. The van der Waals surface area contributed by atoms with E-state index in [1.165, 1.54) is 6.07 Å². The number of aromatic amines is 1. The fraction of sp³-hybridized carbons (Fsp3) is 0.188. The highest BCUT2D eigenvalue weighted by Gasteiger charge is 2.34. The van der Waals surface area contributed by atoms with Crippen LogP contribution in [0.5, 0.6) is 0 Å². The van der Waals surface area contributed by atoms with Crippen LogP contribution >= 0.6 is 34.7 Å². The molecule has 0 fully saturated rings. The Morgan fingerprint density at radius 1 is 1.33 bits per heavy atom. The van der Waals surface area contributed by atoms with Crippen LogP contribution in [0.25, 0.3) is 0 Å². The van der Waals surface area contributed by atoms with Gasteiger partial charge in [-0.1, -0.05) is 29.4 Å². The van der Waals surface area contributed by atoms with E-state index in [0.29, 0.717) is 17.4 Å². The molecule has 2 N–H and O–H groups in total. The first kappa shape index (κ1) is 19.7. The molecule has 2 aromatic heterocycles. The quantitative estimate of drug-likeness (QED) is 0.546. The maximum Gasteiger partial charge on any atom is 0.418 e. The maximum atomic E-state index is 13.0. The summed E-state index contributed by atoms with van der Waals surface area (Å²) in [4.78, 5) is 17.4. The lowest BCUT2D eigenvalue weighted by Crippen LogP contribution is -2.18. The van der Waals surface area contributed by atoms with Gasteiger partial charge in [-0.15, -0.1) is 16.4 Å². The molecule has 3 rings (SSSR count). The standard InChI is InChI=1S/C16H12ClF3N4OS2/c17-9-3-4-12(11(6-9)16(18,19)20)21-14(25)8-27-15-22-13(23-24-15)7-10-2-1-5-26-10/h1-6H,7-8H2,(H,21,25)(H,22,23,24). The second-order valence-corrected chi connectivity index (χ2v) is 7.76. The lowest BCUT2D eigenvalue weighted by atomic mass is 10.1. The van der Waals surface area contributed by atoms with Crippen molar-refractivity contribution in [3.05, 3.63) is 57.0 Å². The first-order valence-corrected chi connectivity index (χ1v) is 9.78. The summed E-state index contributed by atoms with van der Waals surface area (Å²) in [5.74, 6) is -0.0780. The van der Waals surface area contributed by atoms with Gasteiger partial charge in [-0.05, 0) is 29.6 Å². The number of halogens is 4. The maximum absolute atomic E-state index is 13.0. The Balaban J connectivity index is 1.58. The highest BCUT2D eigenvalue weighted by atomic mass is 35.5. The number of benzene rings is 1. The minimum atomic E-state index is -4.62. The predicted octanol–water partition coefficient (Wildman–Crippen LogP) is 4.86. The molecule has 0 saturated carbocycles. The molecule has 0 aliphatic carbocycles.